The minimum absolute atomic E-state index is 0.0515. The maximum Gasteiger partial charge on any atom is 0.138 e. The van der Waals surface area contributed by atoms with Gasteiger partial charge in [0.25, 0.3) is 0 Å². The standard InChI is InChI=1S/C13H17N7/c1-2-19-13(15-9-17-19)7-11(18-14)10-8-16-20-6-4-3-5-12(10)20/h3-6,8-9,11,18H,2,7,14H2,1H3. The van der Waals surface area contributed by atoms with E-state index in [9.17, 15) is 0 Å². The van der Waals surface area contributed by atoms with Gasteiger partial charge in [-0.2, -0.15) is 10.2 Å². The predicted molar refractivity (Wildman–Crippen MR) is 74.7 cm³/mol. The Labute approximate surface area is 116 Å². The third kappa shape index (κ3) is 2.17. The van der Waals surface area contributed by atoms with Gasteiger partial charge in [0.05, 0.1) is 17.8 Å². The predicted octanol–water partition coefficient (Wildman–Crippen LogP) is 0.693. The van der Waals surface area contributed by atoms with Crippen LogP contribution in [0.25, 0.3) is 5.52 Å². The van der Waals surface area contributed by atoms with E-state index in [1.165, 1.54) is 0 Å². The molecule has 3 N–H and O–H groups in total. The van der Waals surface area contributed by atoms with Crippen molar-refractivity contribution in [1.82, 2.24) is 29.8 Å². The van der Waals surface area contributed by atoms with Crippen molar-refractivity contribution in [2.24, 2.45) is 5.84 Å². The first kappa shape index (κ1) is 12.8. The molecule has 0 fully saturated rings. The number of rotatable bonds is 5. The summed E-state index contributed by atoms with van der Waals surface area (Å²) in [6.45, 7) is 2.83. The molecular weight excluding hydrogens is 254 g/mol. The van der Waals surface area contributed by atoms with E-state index in [2.05, 4.69) is 20.6 Å². The van der Waals surface area contributed by atoms with E-state index in [0.717, 1.165) is 23.4 Å². The second-order valence-electron chi connectivity index (χ2n) is 4.55. The van der Waals surface area contributed by atoms with Crippen molar-refractivity contribution in [1.29, 1.82) is 0 Å². The highest BCUT2D eigenvalue weighted by atomic mass is 15.3. The molecule has 3 aromatic heterocycles. The van der Waals surface area contributed by atoms with E-state index >= 15 is 0 Å². The summed E-state index contributed by atoms with van der Waals surface area (Å²) in [7, 11) is 0. The Bertz CT molecular complexity index is 699. The number of hydrogen-bond donors (Lipinski definition) is 2. The highest BCUT2D eigenvalue weighted by Crippen LogP contribution is 2.21. The van der Waals surface area contributed by atoms with Crippen molar-refractivity contribution >= 4 is 5.52 Å². The van der Waals surface area contributed by atoms with Gasteiger partial charge in [-0.3, -0.25) is 16.0 Å². The third-order valence-corrected chi connectivity index (χ3v) is 3.41. The van der Waals surface area contributed by atoms with Crippen LogP contribution in [0.4, 0.5) is 0 Å². The van der Waals surface area contributed by atoms with Crippen LogP contribution in [0.2, 0.25) is 0 Å². The van der Waals surface area contributed by atoms with Crippen molar-refractivity contribution < 1.29 is 0 Å². The quantitative estimate of drug-likeness (QED) is 0.527. The zero-order valence-electron chi connectivity index (χ0n) is 11.3. The molecule has 0 aliphatic heterocycles. The number of nitrogens with zero attached hydrogens (tertiary/aromatic N) is 5. The number of hydrazine groups is 1. The SMILES string of the molecule is CCn1ncnc1CC(NN)c1cnn2ccccc12. The monoisotopic (exact) mass is 271 g/mol. The molecule has 0 amide bonds. The molecule has 0 radical (unpaired) electrons. The van der Waals surface area contributed by atoms with E-state index in [1.54, 1.807) is 6.33 Å². The summed E-state index contributed by atoms with van der Waals surface area (Å²) in [6.07, 6.45) is 6.00. The topological polar surface area (TPSA) is 86.1 Å². The summed E-state index contributed by atoms with van der Waals surface area (Å²) in [5, 5.41) is 8.52. The van der Waals surface area contributed by atoms with E-state index in [4.69, 9.17) is 5.84 Å². The van der Waals surface area contributed by atoms with Crippen LogP contribution in [0.15, 0.2) is 36.9 Å². The Kier molecular flexibility index (Phi) is 3.44. The maximum atomic E-state index is 5.72. The second-order valence-corrected chi connectivity index (χ2v) is 4.55. The summed E-state index contributed by atoms with van der Waals surface area (Å²) in [4.78, 5) is 4.29. The van der Waals surface area contributed by atoms with Gasteiger partial charge in [0, 0.05) is 24.7 Å². The fourth-order valence-corrected chi connectivity index (χ4v) is 2.37. The fourth-order valence-electron chi connectivity index (χ4n) is 2.37. The lowest BCUT2D eigenvalue weighted by Crippen LogP contribution is -2.30. The van der Waals surface area contributed by atoms with Crippen LogP contribution in [0.5, 0.6) is 0 Å². The van der Waals surface area contributed by atoms with E-state index in [0.29, 0.717) is 6.42 Å². The van der Waals surface area contributed by atoms with Gasteiger partial charge in [0.2, 0.25) is 0 Å². The zero-order valence-corrected chi connectivity index (χ0v) is 11.3. The molecule has 1 unspecified atom stereocenters. The van der Waals surface area contributed by atoms with Crippen molar-refractivity contribution in [3.8, 4) is 0 Å². The van der Waals surface area contributed by atoms with Crippen molar-refractivity contribution in [2.45, 2.75) is 25.9 Å². The Hall–Kier alpha value is -2.25. The Morgan fingerprint density at radius 3 is 3.05 bits per heavy atom. The largest absolute Gasteiger partial charge is 0.271 e. The van der Waals surface area contributed by atoms with Crippen LogP contribution in [-0.4, -0.2) is 24.4 Å². The van der Waals surface area contributed by atoms with Crippen LogP contribution in [0.1, 0.15) is 24.4 Å². The molecule has 0 spiro atoms. The van der Waals surface area contributed by atoms with E-state index < -0.39 is 0 Å². The van der Waals surface area contributed by atoms with Crippen LogP contribution < -0.4 is 11.3 Å². The third-order valence-electron chi connectivity index (χ3n) is 3.41. The number of fused-ring (bicyclic) bond motifs is 1. The molecule has 104 valence electrons. The molecule has 0 bridgehead atoms. The molecule has 0 saturated carbocycles. The molecule has 3 heterocycles. The van der Waals surface area contributed by atoms with Gasteiger partial charge in [0.1, 0.15) is 12.2 Å². The number of aromatic nitrogens is 5. The Morgan fingerprint density at radius 2 is 2.25 bits per heavy atom. The number of nitrogens with two attached hydrogens (primary N) is 1. The summed E-state index contributed by atoms with van der Waals surface area (Å²) >= 11 is 0. The summed E-state index contributed by atoms with van der Waals surface area (Å²) in [5.41, 5.74) is 4.95. The van der Waals surface area contributed by atoms with Gasteiger partial charge in [-0.05, 0) is 19.1 Å². The molecule has 3 aromatic rings. The number of aryl methyl sites for hydroxylation is 1. The first-order valence-corrected chi connectivity index (χ1v) is 6.58. The van der Waals surface area contributed by atoms with Crippen LogP contribution >= 0.6 is 0 Å². The van der Waals surface area contributed by atoms with Gasteiger partial charge >= 0.3 is 0 Å². The summed E-state index contributed by atoms with van der Waals surface area (Å²) in [5.74, 6) is 6.63. The smallest absolute Gasteiger partial charge is 0.138 e. The van der Waals surface area contributed by atoms with Crippen molar-refractivity contribution in [3.63, 3.8) is 0 Å². The van der Waals surface area contributed by atoms with Gasteiger partial charge in [-0.25, -0.2) is 9.50 Å². The zero-order chi connectivity index (χ0) is 13.9. The van der Waals surface area contributed by atoms with Gasteiger partial charge < -0.3 is 0 Å². The number of nitrogens with one attached hydrogen (secondary N) is 1. The average molecular weight is 271 g/mol. The van der Waals surface area contributed by atoms with Gasteiger partial charge in [-0.15, -0.1) is 0 Å². The molecule has 0 saturated heterocycles. The minimum Gasteiger partial charge on any atom is -0.271 e. The van der Waals surface area contributed by atoms with Gasteiger partial charge in [-0.1, -0.05) is 6.07 Å². The Morgan fingerprint density at radius 1 is 1.35 bits per heavy atom. The lowest BCUT2D eigenvalue weighted by Gasteiger charge is -2.14. The minimum atomic E-state index is -0.0515. The molecule has 7 heteroatoms. The lowest BCUT2D eigenvalue weighted by molar-refractivity contribution is 0.512. The number of pyridine rings is 1. The lowest BCUT2D eigenvalue weighted by atomic mass is 10.1. The van der Waals surface area contributed by atoms with Crippen molar-refractivity contribution in [2.75, 3.05) is 0 Å². The highest BCUT2D eigenvalue weighted by Gasteiger charge is 2.18. The molecule has 1 atom stereocenters. The fraction of sp³-hybridized carbons (Fsp3) is 0.308. The average Bonchev–Trinajstić information content (AvgIpc) is 3.11. The van der Waals surface area contributed by atoms with Crippen molar-refractivity contribution in [3.05, 3.63) is 48.3 Å². The molecule has 0 aliphatic rings. The van der Waals surface area contributed by atoms with Gasteiger partial charge in [0.15, 0.2) is 0 Å². The number of hydrogen-bond acceptors (Lipinski definition) is 5. The summed E-state index contributed by atoms with van der Waals surface area (Å²) < 4.78 is 3.71. The molecule has 7 nitrogen and oxygen atoms in total. The second kappa shape index (κ2) is 5.40. The maximum absolute atomic E-state index is 5.72. The molecule has 0 aliphatic carbocycles. The Balaban J connectivity index is 1.94. The van der Waals surface area contributed by atoms with E-state index in [1.807, 2.05) is 46.7 Å². The van der Waals surface area contributed by atoms with E-state index in [-0.39, 0.29) is 6.04 Å². The van der Waals surface area contributed by atoms with Crippen LogP contribution in [0.3, 0.4) is 0 Å². The summed E-state index contributed by atoms with van der Waals surface area (Å²) in [6, 6.07) is 5.91. The first-order valence-electron chi connectivity index (χ1n) is 6.58. The normalized spacial score (nSPS) is 12.9. The van der Waals surface area contributed by atoms with Crippen LogP contribution in [-0.2, 0) is 13.0 Å². The molecular formula is C13H17N7. The van der Waals surface area contributed by atoms with Crippen LogP contribution in [0, 0.1) is 0 Å². The molecule has 0 aromatic carbocycles. The molecule has 3 rings (SSSR count). The molecule has 20 heavy (non-hydrogen) atoms. The highest BCUT2D eigenvalue weighted by molar-refractivity contribution is 5.54. The first-order chi connectivity index (χ1) is 9.83.